The van der Waals surface area contributed by atoms with E-state index in [9.17, 15) is 4.79 Å². The van der Waals surface area contributed by atoms with Gasteiger partial charge in [0.05, 0.1) is 30.2 Å². The summed E-state index contributed by atoms with van der Waals surface area (Å²) in [6, 6.07) is 13.4. The van der Waals surface area contributed by atoms with Crippen LogP contribution >= 0.6 is 23.2 Å². The monoisotopic (exact) mass is 477 g/mol. The van der Waals surface area contributed by atoms with Gasteiger partial charge in [-0.15, -0.1) is 0 Å². The van der Waals surface area contributed by atoms with Crippen molar-refractivity contribution in [2.75, 3.05) is 33.4 Å². The van der Waals surface area contributed by atoms with E-state index in [-0.39, 0.29) is 17.6 Å². The van der Waals surface area contributed by atoms with E-state index in [0.29, 0.717) is 36.2 Å². The lowest BCUT2D eigenvalue weighted by Gasteiger charge is -2.51. The lowest BCUT2D eigenvalue weighted by Crippen LogP contribution is -2.62. The maximum Gasteiger partial charge on any atom is 0.227 e. The molecule has 2 aliphatic rings. The summed E-state index contributed by atoms with van der Waals surface area (Å²) in [5.74, 6) is 0.858. The van der Waals surface area contributed by atoms with Crippen molar-refractivity contribution >= 4 is 29.1 Å². The molecular formula is C25H29Cl2NO4. The molecule has 0 radical (unpaired) electrons. The number of nitrogens with zero attached hydrogens (tertiary/aromatic N) is 1. The van der Waals surface area contributed by atoms with Crippen LogP contribution in [0.1, 0.15) is 36.8 Å². The first-order chi connectivity index (χ1) is 15.5. The van der Waals surface area contributed by atoms with Crippen LogP contribution in [0, 0.1) is 0 Å². The largest absolute Gasteiger partial charge is 0.497 e. The van der Waals surface area contributed by atoms with E-state index in [1.54, 1.807) is 7.11 Å². The highest BCUT2D eigenvalue weighted by Gasteiger charge is 2.46. The summed E-state index contributed by atoms with van der Waals surface area (Å²) in [5, 5.41) is 1.06. The van der Waals surface area contributed by atoms with Gasteiger partial charge in [-0.05, 0) is 61.1 Å². The van der Waals surface area contributed by atoms with Gasteiger partial charge in [0.25, 0.3) is 0 Å². The average molecular weight is 478 g/mol. The minimum absolute atomic E-state index is 0.102. The van der Waals surface area contributed by atoms with Crippen LogP contribution in [0.5, 0.6) is 5.75 Å². The predicted octanol–water partition coefficient (Wildman–Crippen LogP) is 5.26. The van der Waals surface area contributed by atoms with Gasteiger partial charge < -0.3 is 19.1 Å². The molecule has 1 atom stereocenters. The Morgan fingerprint density at radius 1 is 1.16 bits per heavy atom. The quantitative estimate of drug-likeness (QED) is 0.520. The van der Waals surface area contributed by atoms with Crippen molar-refractivity contribution in [3.8, 4) is 5.75 Å². The lowest BCUT2D eigenvalue weighted by molar-refractivity contribution is -0.168. The molecule has 0 N–H and O–H groups in total. The molecular weight excluding hydrogens is 449 g/mol. The van der Waals surface area contributed by atoms with Crippen molar-refractivity contribution in [1.29, 1.82) is 0 Å². The molecule has 2 heterocycles. The van der Waals surface area contributed by atoms with Gasteiger partial charge in [-0.25, -0.2) is 0 Å². The minimum Gasteiger partial charge on any atom is -0.497 e. The van der Waals surface area contributed by atoms with E-state index in [1.807, 2.05) is 47.4 Å². The van der Waals surface area contributed by atoms with Crippen LogP contribution in [-0.4, -0.2) is 50.5 Å². The number of carbonyl (C=O) groups is 1. The fourth-order valence-corrected chi connectivity index (χ4v) is 4.77. The molecule has 5 nitrogen and oxygen atoms in total. The van der Waals surface area contributed by atoms with Crippen LogP contribution in [0.4, 0.5) is 0 Å². The summed E-state index contributed by atoms with van der Waals surface area (Å²) in [5.41, 5.74) is 1.83. The van der Waals surface area contributed by atoms with Crippen LogP contribution in [0.25, 0.3) is 0 Å². The molecule has 0 aliphatic carbocycles. The fraction of sp³-hybridized carbons (Fsp3) is 0.480. The maximum atomic E-state index is 12.9. The Bertz CT molecular complexity index is 939. The number of halogens is 2. The van der Waals surface area contributed by atoms with Crippen molar-refractivity contribution in [1.82, 2.24) is 4.90 Å². The highest BCUT2D eigenvalue weighted by atomic mass is 35.5. The Kier molecular flexibility index (Phi) is 7.62. The second-order valence-corrected chi connectivity index (χ2v) is 9.42. The molecule has 2 aliphatic heterocycles. The number of hydrogen-bond acceptors (Lipinski definition) is 4. The zero-order valence-corrected chi connectivity index (χ0v) is 19.8. The molecule has 0 spiro atoms. The van der Waals surface area contributed by atoms with Crippen LogP contribution in [-0.2, 0) is 26.1 Å². The van der Waals surface area contributed by atoms with Crippen molar-refractivity contribution in [3.63, 3.8) is 0 Å². The zero-order valence-electron chi connectivity index (χ0n) is 18.3. The Morgan fingerprint density at radius 2 is 2.00 bits per heavy atom. The van der Waals surface area contributed by atoms with Gasteiger partial charge in [-0.3, -0.25) is 4.79 Å². The standard InChI is InChI=1S/C25H29Cl2NO4/c1-30-20-6-4-5-18(13-20)14-23(29)28-16-25(17-28,19-8-9-21(26)22(27)15-19)10-12-32-24-7-2-3-11-31-24/h4-6,8-9,13,15,24H,2-3,7,10-12,14,16-17H2,1H3. The third-order valence-corrected chi connectivity index (χ3v) is 7.12. The van der Waals surface area contributed by atoms with E-state index in [0.717, 1.165) is 49.2 Å². The molecule has 32 heavy (non-hydrogen) atoms. The van der Waals surface area contributed by atoms with Crippen LogP contribution in [0.2, 0.25) is 10.0 Å². The summed E-state index contributed by atoms with van der Waals surface area (Å²) in [4.78, 5) is 14.8. The van der Waals surface area contributed by atoms with E-state index in [4.69, 9.17) is 37.4 Å². The zero-order chi connectivity index (χ0) is 22.6. The molecule has 4 rings (SSSR count). The van der Waals surface area contributed by atoms with Crippen molar-refractivity contribution in [2.45, 2.75) is 43.8 Å². The van der Waals surface area contributed by atoms with Gasteiger partial charge in [-0.1, -0.05) is 41.4 Å². The van der Waals surface area contributed by atoms with Crippen LogP contribution in [0.15, 0.2) is 42.5 Å². The number of benzene rings is 2. The molecule has 7 heteroatoms. The Balaban J connectivity index is 1.42. The van der Waals surface area contributed by atoms with Gasteiger partial charge in [0, 0.05) is 25.1 Å². The number of methoxy groups -OCH3 is 1. The molecule has 2 saturated heterocycles. The number of amides is 1. The summed E-state index contributed by atoms with van der Waals surface area (Å²) in [7, 11) is 1.63. The normalized spacial score (nSPS) is 20.0. The number of carbonyl (C=O) groups excluding carboxylic acids is 1. The molecule has 172 valence electrons. The van der Waals surface area contributed by atoms with Gasteiger partial charge in [0.1, 0.15) is 5.75 Å². The van der Waals surface area contributed by atoms with Crippen LogP contribution in [0.3, 0.4) is 0 Å². The predicted molar refractivity (Wildman–Crippen MR) is 126 cm³/mol. The highest BCUT2D eigenvalue weighted by Crippen LogP contribution is 2.40. The maximum absolute atomic E-state index is 12.9. The molecule has 1 amide bonds. The lowest BCUT2D eigenvalue weighted by atomic mass is 9.71. The molecule has 2 fully saturated rings. The second-order valence-electron chi connectivity index (χ2n) is 8.60. The second kappa shape index (κ2) is 10.4. The van der Waals surface area contributed by atoms with Crippen molar-refractivity contribution < 1.29 is 19.0 Å². The van der Waals surface area contributed by atoms with Gasteiger partial charge in [0.2, 0.25) is 5.91 Å². The first-order valence-corrected chi connectivity index (χ1v) is 11.8. The van der Waals surface area contributed by atoms with Crippen molar-refractivity contribution in [2.24, 2.45) is 0 Å². The summed E-state index contributed by atoms with van der Waals surface area (Å²) < 4.78 is 17.0. The van der Waals surface area contributed by atoms with E-state index >= 15 is 0 Å². The first-order valence-electron chi connectivity index (χ1n) is 11.1. The van der Waals surface area contributed by atoms with E-state index in [1.165, 1.54) is 0 Å². The Labute approximate surface area is 199 Å². The number of hydrogen-bond donors (Lipinski definition) is 0. The molecule has 0 bridgehead atoms. The van der Waals surface area contributed by atoms with Crippen molar-refractivity contribution in [3.05, 3.63) is 63.6 Å². The van der Waals surface area contributed by atoms with Crippen LogP contribution < -0.4 is 4.74 Å². The molecule has 2 aromatic rings. The third-order valence-electron chi connectivity index (χ3n) is 6.38. The Morgan fingerprint density at radius 3 is 2.72 bits per heavy atom. The number of rotatable bonds is 8. The summed E-state index contributed by atoms with van der Waals surface area (Å²) >= 11 is 12.5. The summed E-state index contributed by atoms with van der Waals surface area (Å²) in [6.07, 6.45) is 4.17. The fourth-order valence-electron chi connectivity index (χ4n) is 4.47. The average Bonchev–Trinajstić information content (AvgIpc) is 2.78. The topological polar surface area (TPSA) is 48.0 Å². The smallest absolute Gasteiger partial charge is 0.227 e. The minimum atomic E-state index is -0.201. The molecule has 0 saturated carbocycles. The van der Waals surface area contributed by atoms with Gasteiger partial charge >= 0.3 is 0 Å². The Hall–Kier alpha value is -1.79. The van der Waals surface area contributed by atoms with Gasteiger partial charge in [0.15, 0.2) is 6.29 Å². The highest BCUT2D eigenvalue weighted by molar-refractivity contribution is 6.42. The number of likely N-dealkylation sites (tertiary alicyclic amines) is 1. The van der Waals surface area contributed by atoms with Gasteiger partial charge in [-0.2, -0.15) is 0 Å². The van der Waals surface area contributed by atoms with E-state index < -0.39 is 0 Å². The molecule has 2 aromatic carbocycles. The first kappa shape index (κ1) is 23.4. The SMILES string of the molecule is COc1cccc(CC(=O)N2CC(CCOC3CCCCO3)(c3ccc(Cl)c(Cl)c3)C2)c1. The molecule has 1 unspecified atom stereocenters. The molecule has 0 aromatic heterocycles. The summed E-state index contributed by atoms with van der Waals surface area (Å²) in [6.45, 7) is 2.59. The number of ether oxygens (including phenoxy) is 3. The van der Waals surface area contributed by atoms with E-state index in [2.05, 4.69) is 0 Å². The third kappa shape index (κ3) is 5.40.